The van der Waals surface area contributed by atoms with Gasteiger partial charge in [0.2, 0.25) is 0 Å². The number of hydrogen-bond donors (Lipinski definition) is 1. The standard InChI is InChI=1S/C30H31ClN6O2/c1-20-9-7-11-21-17-25(30(38)32-27(20)21)28(29-33-34-35-37(29)23-12-3-2-4-13-23)36(19-24-14-8-16-39-24)18-22-10-5-6-15-26(22)31/h5-11,14-17,23,28H,2-4,12-13,18-19H2,1H3,(H,32,38)/t28-/m1/s1. The van der Waals surface area contributed by atoms with E-state index in [1.165, 1.54) is 6.42 Å². The number of halogens is 1. The van der Waals surface area contributed by atoms with Crippen LogP contribution < -0.4 is 5.56 Å². The highest BCUT2D eigenvalue weighted by atomic mass is 35.5. The average Bonchev–Trinajstić information content (AvgIpc) is 3.64. The SMILES string of the molecule is Cc1cccc2cc([C@H](c3nnnn3C3CCCCC3)N(Cc3ccco3)Cc3ccccc3Cl)c(=O)[nH]c12. The zero-order valence-corrected chi connectivity index (χ0v) is 22.6. The topological polar surface area (TPSA) is 92.8 Å². The van der Waals surface area contributed by atoms with Crippen LogP contribution in [-0.4, -0.2) is 30.1 Å². The van der Waals surface area contributed by atoms with E-state index < -0.39 is 6.04 Å². The highest BCUT2D eigenvalue weighted by molar-refractivity contribution is 6.31. The van der Waals surface area contributed by atoms with Crippen LogP contribution in [0.25, 0.3) is 10.9 Å². The van der Waals surface area contributed by atoms with Gasteiger partial charge in [0.1, 0.15) is 11.8 Å². The molecule has 0 aliphatic heterocycles. The Labute approximate surface area is 231 Å². The lowest BCUT2D eigenvalue weighted by Crippen LogP contribution is -2.35. The van der Waals surface area contributed by atoms with Gasteiger partial charge in [0.15, 0.2) is 5.82 Å². The number of para-hydroxylation sites is 1. The van der Waals surface area contributed by atoms with Crippen LogP contribution in [0.2, 0.25) is 5.02 Å². The van der Waals surface area contributed by atoms with Crippen LogP contribution in [0, 0.1) is 6.92 Å². The van der Waals surface area contributed by atoms with E-state index in [1.54, 1.807) is 6.26 Å². The van der Waals surface area contributed by atoms with Crippen molar-refractivity contribution in [3.63, 3.8) is 0 Å². The number of aromatic amines is 1. The summed E-state index contributed by atoms with van der Waals surface area (Å²) >= 11 is 6.64. The minimum absolute atomic E-state index is 0.163. The van der Waals surface area contributed by atoms with Crippen molar-refractivity contribution in [2.75, 3.05) is 0 Å². The number of aromatic nitrogens is 5. The van der Waals surface area contributed by atoms with Gasteiger partial charge >= 0.3 is 0 Å². The normalized spacial score (nSPS) is 15.3. The molecule has 1 saturated carbocycles. The van der Waals surface area contributed by atoms with Crippen LogP contribution in [0.5, 0.6) is 0 Å². The Balaban J connectivity index is 1.54. The number of pyridine rings is 1. The second-order valence-electron chi connectivity index (χ2n) is 10.3. The molecular formula is C30H31ClN6O2. The number of nitrogens with one attached hydrogen (secondary N) is 1. The minimum Gasteiger partial charge on any atom is -0.468 e. The summed E-state index contributed by atoms with van der Waals surface area (Å²) in [6.07, 6.45) is 7.19. The van der Waals surface area contributed by atoms with Crippen molar-refractivity contribution in [2.45, 2.75) is 64.2 Å². The highest BCUT2D eigenvalue weighted by Gasteiger charge is 2.33. The monoisotopic (exact) mass is 542 g/mol. The summed E-state index contributed by atoms with van der Waals surface area (Å²) in [5.41, 5.74) is 3.21. The second kappa shape index (κ2) is 11.2. The summed E-state index contributed by atoms with van der Waals surface area (Å²) < 4.78 is 7.73. The fourth-order valence-electron chi connectivity index (χ4n) is 5.76. The molecule has 2 aromatic carbocycles. The molecule has 3 heterocycles. The van der Waals surface area contributed by atoms with E-state index in [9.17, 15) is 4.79 Å². The molecule has 6 rings (SSSR count). The third-order valence-electron chi connectivity index (χ3n) is 7.73. The van der Waals surface area contributed by atoms with Crippen molar-refractivity contribution in [1.29, 1.82) is 0 Å². The van der Waals surface area contributed by atoms with Crippen LogP contribution in [0.15, 0.2) is 76.1 Å². The number of benzene rings is 2. The number of rotatable bonds is 8. The number of furan rings is 1. The lowest BCUT2D eigenvalue weighted by Gasteiger charge is -2.32. The Hall–Kier alpha value is -3.75. The van der Waals surface area contributed by atoms with E-state index in [1.807, 2.05) is 72.3 Å². The third-order valence-corrected chi connectivity index (χ3v) is 8.10. The molecule has 0 bridgehead atoms. The van der Waals surface area contributed by atoms with Crippen molar-refractivity contribution >= 4 is 22.5 Å². The lowest BCUT2D eigenvalue weighted by molar-refractivity contribution is 0.173. The van der Waals surface area contributed by atoms with Gasteiger partial charge in [0.05, 0.1) is 24.4 Å². The molecular weight excluding hydrogens is 512 g/mol. The molecule has 0 amide bonds. The maximum Gasteiger partial charge on any atom is 0.253 e. The quantitative estimate of drug-likeness (QED) is 0.245. The number of H-pyrrole nitrogens is 1. The van der Waals surface area contributed by atoms with Crippen LogP contribution in [-0.2, 0) is 13.1 Å². The second-order valence-corrected chi connectivity index (χ2v) is 10.8. The first-order valence-corrected chi connectivity index (χ1v) is 13.9. The molecule has 1 aliphatic rings. The summed E-state index contributed by atoms with van der Waals surface area (Å²) in [6.45, 7) is 2.90. The molecule has 1 aliphatic carbocycles. The zero-order chi connectivity index (χ0) is 26.8. The van der Waals surface area contributed by atoms with Crippen molar-refractivity contribution in [3.8, 4) is 0 Å². The Morgan fingerprint density at radius 2 is 1.92 bits per heavy atom. The van der Waals surface area contributed by atoms with Gasteiger partial charge in [-0.15, -0.1) is 5.10 Å². The van der Waals surface area contributed by atoms with Crippen LogP contribution in [0.1, 0.15) is 72.5 Å². The lowest BCUT2D eigenvalue weighted by atomic mass is 9.95. The molecule has 1 atom stereocenters. The van der Waals surface area contributed by atoms with Gasteiger partial charge < -0.3 is 9.40 Å². The molecule has 200 valence electrons. The molecule has 0 radical (unpaired) electrons. The Morgan fingerprint density at radius 1 is 1.08 bits per heavy atom. The molecule has 3 aromatic heterocycles. The van der Waals surface area contributed by atoms with Gasteiger partial charge in [-0.1, -0.05) is 67.3 Å². The Kier molecular flexibility index (Phi) is 7.30. The first-order chi connectivity index (χ1) is 19.1. The minimum atomic E-state index is -0.544. The fourth-order valence-corrected chi connectivity index (χ4v) is 5.95. The first-order valence-electron chi connectivity index (χ1n) is 13.5. The largest absolute Gasteiger partial charge is 0.468 e. The van der Waals surface area contributed by atoms with Gasteiger partial charge in [0.25, 0.3) is 5.56 Å². The highest BCUT2D eigenvalue weighted by Crippen LogP contribution is 2.35. The molecule has 9 heteroatoms. The van der Waals surface area contributed by atoms with Crippen molar-refractivity contribution in [2.24, 2.45) is 0 Å². The summed E-state index contributed by atoms with van der Waals surface area (Å²) in [6, 6.07) is 19.2. The smallest absolute Gasteiger partial charge is 0.253 e. The van der Waals surface area contributed by atoms with Gasteiger partial charge in [0, 0.05) is 17.1 Å². The molecule has 8 nitrogen and oxygen atoms in total. The van der Waals surface area contributed by atoms with E-state index in [2.05, 4.69) is 25.4 Å². The van der Waals surface area contributed by atoms with Crippen LogP contribution >= 0.6 is 11.6 Å². The van der Waals surface area contributed by atoms with Crippen LogP contribution in [0.4, 0.5) is 0 Å². The maximum absolute atomic E-state index is 13.8. The van der Waals surface area contributed by atoms with E-state index >= 15 is 0 Å². The van der Waals surface area contributed by atoms with Gasteiger partial charge in [-0.05, 0) is 71.0 Å². The van der Waals surface area contributed by atoms with Gasteiger partial charge in [-0.25, -0.2) is 4.68 Å². The summed E-state index contributed by atoms with van der Waals surface area (Å²) in [4.78, 5) is 19.2. The van der Waals surface area contributed by atoms with Gasteiger partial charge in [-0.2, -0.15) is 0 Å². The fraction of sp³-hybridized carbons (Fsp3) is 0.333. The number of tetrazole rings is 1. The van der Waals surface area contributed by atoms with Gasteiger partial charge in [-0.3, -0.25) is 9.69 Å². The molecule has 0 saturated heterocycles. The predicted octanol–water partition coefficient (Wildman–Crippen LogP) is 6.37. The molecule has 5 aromatic rings. The third kappa shape index (κ3) is 5.27. The molecule has 39 heavy (non-hydrogen) atoms. The van der Waals surface area contributed by atoms with Crippen molar-refractivity contribution in [1.82, 2.24) is 30.1 Å². The predicted molar refractivity (Wildman–Crippen MR) is 150 cm³/mol. The molecule has 0 spiro atoms. The summed E-state index contributed by atoms with van der Waals surface area (Å²) in [5.74, 6) is 1.43. The summed E-state index contributed by atoms with van der Waals surface area (Å²) in [5, 5.41) is 14.8. The van der Waals surface area contributed by atoms with E-state index in [4.69, 9.17) is 16.0 Å². The molecule has 1 fully saturated rings. The Bertz CT molecular complexity index is 1620. The zero-order valence-electron chi connectivity index (χ0n) is 21.9. The number of nitrogens with zero attached hydrogens (tertiary/aromatic N) is 5. The summed E-state index contributed by atoms with van der Waals surface area (Å²) in [7, 11) is 0. The number of aryl methyl sites for hydroxylation is 1. The molecule has 1 N–H and O–H groups in total. The van der Waals surface area contributed by atoms with E-state index in [-0.39, 0.29) is 11.6 Å². The van der Waals surface area contributed by atoms with Crippen molar-refractivity contribution in [3.05, 3.63) is 111 Å². The first kappa shape index (κ1) is 25.5. The van der Waals surface area contributed by atoms with E-state index in [0.717, 1.165) is 53.5 Å². The number of fused-ring (bicyclic) bond motifs is 1. The molecule has 0 unspecified atom stereocenters. The average molecular weight is 543 g/mol. The number of hydrogen-bond acceptors (Lipinski definition) is 6. The van der Waals surface area contributed by atoms with E-state index in [0.29, 0.717) is 29.5 Å². The van der Waals surface area contributed by atoms with Crippen LogP contribution in [0.3, 0.4) is 0 Å². The van der Waals surface area contributed by atoms with Crippen molar-refractivity contribution < 1.29 is 4.42 Å². The Morgan fingerprint density at radius 3 is 2.72 bits per heavy atom. The maximum atomic E-state index is 13.8.